The van der Waals surface area contributed by atoms with E-state index in [1.54, 1.807) is 6.26 Å². The zero-order valence-corrected chi connectivity index (χ0v) is 35.6. The van der Waals surface area contributed by atoms with Crippen molar-refractivity contribution in [3.8, 4) is 0 Å². The van der Waals surface area contributed by atoms with Gasteiger partial charge in [0, 0.05) is 6.42 Å². The van der Waals surface area contributed by atoms with Gasteiger partial charge < -0.3 is 18.9 Å². The molecule has 0 bridgehead atoms. The van der Waals surface area contributed by atoms with Crippen LogP contribution in [-0.2, 0) is 27.9 Å². The van der Waals surface area contributed by atoms with E-state index in [1.165, 1.54) is 70.6 Å². The first-order valence-corrected chi connectivity index (χ1v) is 22.6. The molecule has 0 fully saturated rings. The average Bonchev–Trinajstić information content (AvgIpc) is 3.11. The highest BCUT2D eigenvalue weighted by atomic mass is 31.2. The molecule has 0 heterocycles. The van der Waals surface area contributed by atoms with Gasteiger partial charge in [-0.25, -0.2) is 4.57 Å². The van der Waals surface area contributed by atoms with E-state index in [1.807, 2.05) is 27.2 Å². The van der Waals surface area contributed by atoms with Gasteiger partial charge in [0.1, 0.15) is 19.8 Å². The van der Waals surface area contributed by atoms with Crippen molar-refractivity contribution in [2.45, 2.75) is 168 Å². The molecule has 9 heteroatoms. The number of hydrogen-bond acceptors (Lipinski definition) is 6. The summed E-state index contributed by atoms with van der Waals surface area (Å²) in [6.07, 6.45) is 46.3. The van der Waals surface area contributed by atoms with Gasteiger partial charge >= 0.3 is 13.8 Å². The fraction of sp³-hybridized carbons (Fsp3) is 0.750. The van der Waals surface area contributed by atoms with Crippen LogP contribution in [0.3, 0.4) is 0 Å². The fourth-order valence-corrected chi connectivity index (χ4v) is 6.09. The molecule has 0 aromatic carbocycles. The molecule has 53 heavy (non-hydrogen) atoms. The van der Waals surface area contributed by atoms with Gasteiger partial charge in [-0.15, -0.1) is 0 Å². The predicted octanol–water partition coefficient (Wildman–Crippen LogP) is 12.5. The predicted molar refractivity (Wildman–Crippen MR) is 224 cm³/mol. The minimum atomic E-state index is -4.30. The number of hydrogen-bond donors (Lipinski definition) is 1. The Kier molecular flexibility index (Phi) is 35.6. The molecule has 0 aromatic rings. The second kappa shape index (κ2) is 37.0. The molecule has 0 radical (unpaired) electrons. The van der Waals surface area contributed by atoms with E-state index < -0.39 is 13.9 Å². The molecule has 0 amide bonds. The van der Waals surface area contributed by atoms with Gasteiger partial charge in [0.05, 0.1) is 34.0 Å². The number of phosphoric ester groups is 1. The molecule has 0 aliphatic heterocycles. The number of phosphoric acid groups is 1. The maximum Gasteiger partial charge on any atom is 0.472 e. The molecule has 308 valence electrons. The number of carbonyl (C=O) groups excluding carboxylic acids is 1. The molecular formula is C44H81NO7P+. The summed E-state index contributed by atoms with van der Waals surface area (Å²) in [5.41, 5.74) is 0. The summed E-state index contributed by atoms with van der Waals surface area (Å²) in [5, 5.41) is 0. The van der Waals surface area contributed by atoms with Crippen molar-refractivity contribution in [3.63, 3.8) is 0 Å². The Bertz CT molecular complexity index is 1030. The second-order valence-electron chi connectivity index (χ2n) is 15.0. The first-order valence-electron chi connectivity index (χ1n) is 21.1. The van der Waals surface area contributed by atoms with Crippen molar-refractivity contribution in [1.82, 2.24) is 0 Å². The van der Waals surface area contributed by atoms with Crippen molar-refractivity contribution in [2.24, 2.45) is 0 Å². The molecule has 0 saturated heterocycles. The summed E-state index contributed by atoms with van der Waals surface area (Å²) in [5.74, 6) is -0.357. The normalized spacial score (nSPS) is 14.4. The van der Waals surface area contributed by atoms with Crippen molar-refractivity contribution in [2.75, 3.05) is 47.5 Å². The highest BCUT2D eigenvalue weighted by molar-refractivity contribution is 7.47. The van der Waals surface area contributed by atoms with Crippen LogP contribution in [0.5, 0.6) is 0 Å². The Morgan fingerprint density at radius 2 is 1.11 bits per heavy atom. The maximum atomic E-state index is 12.6. The van der Waals surface area contributed by atoms with Crippen molar-refractivity contribution in [3.05, 3.63) is 60.9 Å². The quantitative estimate of drug-likeness (QED) is 0.0167. The molecule has 1 N–H and O–H groups in total. The zero-order chi connectivity index (χ0) is 39.1. The van der Waals surface area contributed by atoms with E-state index in [-0.39, 0.29) is 25.8 Å². The number of rotatable bonds is 38. The minimum Gasteiger partial charge on any atom is -0.498 e. The van der Waals surface area contributed by atoms with Crippen LogP contribution >= 0.6 is 7.82 Å². The van der Waals surface area contributed by atoms with E-state index in [0.717, 1.165) is 70.6 Å². The minimum absolute atomic E-state index is 0.0352. The molecule has 0 rings (SSSR count). The van der Waals surface area contributed by atoms with E-state index in [2.05, 4.69) is 62.5 Å². The lowest BCUT2D eigenvalue weighted by molar-refractivity contribution is -0.870. The number of allylic oxidation sites excluding steroid dienone is 9. The van der Waals surface area contributed by atoms with Crippen molar-refractivity contribution in [1.29, 1.82) is 0 Å². The van der Waals surface area contributed by atoms with Crippen LogP contribution in [0.15, 0.2) is 60.9 Å². The lowest BCUT2D eigenvalue weighted by Gasteiger charge is -2.24. The number of likely N-dealkylation sites (N-methyl/N-ethyl adjacent to an activating group) is 1. The highest BCUT2D eigenvalue weighted by Crippen LogP contribution is 2.43. The lowest BCUT2D eigenvalue weighted by atomic mass is 10.1. The monoisotopic (exact) mass is 767 g/mol. The molecular weight excluding hydrogens is 685 g/mol. The van der Waals surface area contributed by atoms with Gasteiger partial charge in [0.2, 0.25) is 0 Å². The zero-order valence-electron chi connectivity index (χ0n) is 34.7. The molecule has 2 unspecified atom stereocenters. The van der Waals surface area contributed by atoms with Crippen LogP contribution in [0.2, 0.25) is 0 Å². The summed E-state index contributed by atoms with van der Waals surface area (Å²) in [6, 6.07) is 0. The van der Waals surface area contributed by atoms with Crippen LogP contribution in [0, 0.1) is 0 Å². The third kappa shape index (κ3) is 41.1. The van der Waals surface area contributed by atoms with Crippen LogP contribution in [0.4, 0.5) is 0 Å². The topological polar surface area (TPSA) is 91.3 Å². The molecule has 0 spiro atoms. The molecule has 0 aliphatic rings. The SMILES string of the molecule is CC/C=C\C/C=C\C/C=C\CCCCCCCC(=O)OC(CO/C=C\CCCCCCCC/C=C\CCCCCC)COP(=O)(O)OCC[N+](C)(C)C. The summed E-state index contributed by atoms with van der Waals surface area (Å²) in [4.78, 5) is 22.8. The van der Waals surface area contributed by atoms with Gasteiger partial charge in [-0.2, -0.15) is 0 Å². The first-order chi connectivity index (χ1) is 25.6. The average molecular weight is 767 g/mol. The van der Waals surface area contributed by atoms with Crippen LogP contribution < -0.4 is 0 Å². The maximum absolute atomic E-state index is 12.6. The smallest absolute Gasteiger partial charge is 0.472 e. The van der Waals surface area contributed by atoms with E-state index >= 15 is 0 Å². The molecule has 0 aromatic heterocycles. The van der Waals surface area contributed by atoms with Crippen LogP contribution in [-0.4, -0.2) is 69.0 Å². The van der Waals surface area contributed by atoms with Crippen LogP contribution in [0.25, 0.3) is 0 Å². The fourth-order valence-electron chi connectivity index (χ4n) is 5.35. The van der Waals surface area contributed by atoms with E-state index in [0.29, 0.717) is 17.4 Å². The number of quaternary nitrogens is 1. The number of esters is 1. The molecule has 0 aliphatic carbocycles. The van der Waals surface area contributed by atoms with Gasteiger partial charge in [-0.3, -0.25) is 13.8 Å². The second-order valence-corrected chi connectivity index (χ2v) is 16.5. The molecule has 8 nitrogen and oxygen atoms in total. The van der Waals surface area contributed by atoms with Crippen LogP contribution in [0.1, 0.15) is 162 Å². The Hall–Kier alpha value is -1.96. The molecule has 2 atom stereocenters. The number of nitrogens with zero attached hydrogens (tertiary/aromatic N) is 1. The Labute approximate surface area is 326 Å². The number of ether oxygens (including phenoxy) is 2. The Balaban J connectivity index is 4.36. The summed E-state index contributed by atoms with van der Waals surface area (Å²) >= 11 is 0. The van der Waals surface area contributed by atoms with Gasteiger partial charge in [-0.05, 0) is 83.1 Å². The Morgan fingerprint density at radius 1 is 0.623 bits per heavy atom. The largest absolute Gasteiger partial charge is 0.498 e. The van der Waals surface area contributed by atoms with Gasteiger partial charge in [0.25, 0.3) is 0 Å². The van der Waals surface area contributed by atoms with E-state index in [4.69, 9.17) is 18.5 Å². The van der Waals surface area contributed by atoms with E-state index in [9.17, 15) is 14.3 Å². The first kappa shape index (κ1) is 51.0. The number of carbonyl (C=O) groups is 1. The van der Waals surface area contributed by atoms with Gasteiger partial charge in [0.15, 0.2) is 6.10 Å². The third-order valence-corrected chi connectivity index (χ3v) is 9.61. The standard InChI is InChI=1S/C44H80NO7P/c1-6-8-10-12-14-16-18-20-22-24-26-28-30-32-34-36-39-49-41-43(42-51-53(47,48)50-40-38-45(3,4)5)52-44(46)37-35-33-31-29-27-25-23-21-19-17-15-13-11-9-7-2/h9,11,15-18,21,23,36,39,43H,6-8,10,12-14,19-20,22,24-35,37-38,40-42H2,1-5H3/p+1/b11-9-,17-15-,18-16-,23-21-,39-36-. The molecule has 0 saturated carbocycles. The van der Waals surface area contributed by atoms with Gasteiger partial charge in [-0.1, -0.05) is 127 Å². The van der Waals surface area contributed by atoms with Crippen molar-refractivity contribution < 1.29 is 37.3 Å². The lowest BCUT2D eigenvalue weighted by Crippen LogP contribution is -2.37. The highest BCUT2D eigenvalue weighted by Gasteiger charge is 2.26. The summed E-state index contributed by atoms with van der Waals surface area (Å²) in [6.45, 7) is 4.76. The Morgan fingerprint density at radius 3 is 1.68 bits per heavy atom. The van der Waals surface area contributed by atoms with Crippen molar-refractivity contribution >= 4 is 13.8 Å². The third-order valence-electron chi connectivity index (χ3n) is 8.63. The summed E-state index contributed by atoms with van der Waals surface area (Å²) < 4.78 is 34.7. The number of unbranched alkanes of at least 4 members (excludes halogenated alkanes) is 16. The summed E-state index contributed by atoms with van der Waals surface area (Å²) in [7, 11) is 1.61.